The van der Waals surface area contributed by atoms with Crippen LogP contribution in [0, 0.1) is 10.1 Å². The average Bonchev–Trinajstić information content (AvgIpc) is 2.58. The SMILES string of the molecule is O=C(Oc1c(Br)cc(Br)c2cccnc12)c1ccc([N+](=O)[O-])cc1. The summed E-state index contributed by atoms with van der Waals surface area (Å²) < 4.78 is 6.84. The van der Waals surface area contributed by atoms with E-state index in [4.69, 9.17) is 4.74 Å². The van der Waals surface area contributed by atoms with Gasteiger partial charge in [-0.2, -0.15) is 0 Å². The number of esters is 1. The van der Waals surface area contributed by atoms with Crippen LogP contribution in [0.3, 0.4) is 0 Å². The van der Waals surface area contributed by atoms with Gasteiger partial charge in [0.05, 0.1) is 15.0 Å². The molecule has 0 atom stereocenters. The molecule has 3 rings (SSSR count). The van der Waals surface area contributed by atoms with Crippen LogP contribution in [-0.2, 0) is 0 Å². The van der Waals surface area contributed by atoms with Gasteiger partial charge >= 0.3 is 5.97 Å². The molecule has 0 bridgehead atoms. The Hall–Kier alpha value is -2.32. The number of carbonyl (C=O) groups is 1. The van der Waals surface area contributed by atoms with Crippen LogP contribution in [0.4, 0.5) is 5.69 Å². The molecule has 1 aromatic heterocycles. The molecular weight excluding hydrogens is 444 g/mol. The summed E-state index contributed by atoms with van der Waals surface area (Å²) in [6, 6.07) is 10.6. The number of nitro benzene ring substituents is 1. The van der Waals surface area contributed by atoms with Crippen molar-refractivity contribution in [2.24, 2.45) is 0 Å². The number of rotatable bonds is 3. The van der Waals surface area contributed by atoms with Crippen molar-refractivity contribution in [3.05, 3.63) is 73.3 Å². The predicted octanol–water partition coefficient (Wildman–Crippen LogP) is 4.89. The molecule has 0 fully saturated rings. The van der Waals surface area contributed by atoms with Gasteiger partial charge in [0.25, 0.3) is 5.69 Å². The number of aromatic nitrogens is 1. The van der Waals surface area contributed by atoms with E-state index in [9.17, 15) is 14.9 Å². The Bertz CT molecular complexity index is 958. The van der Waals surface area contributed by atoms with Crippen molar-refractivity contribution in [1.29, 1.82) is 0 Å². The van der Waals surface area contributed by atoms with E-state index in [0.717, 1.165) is 9.86 Å². The number of benzene rings is 2. The van der Waals surface area contributed by atoms with Crippen molar-refractivity contribution < 1.29 is 14.5 Å². The van der Waals surface area contributed by atoms with Crippen molar-refractivity contribution in [3.63, 3.8) is 0 Å². The van der Waals surface area contributed by atoms with Crippen molar-refractivity contribution in [2.45, 2.75) is 0 Å². The van der Waals surface area contributed by atoms with Gasteiger partial charge in [0.1, 0.15) is 5.52 Å². The first kappa shape index (κ1) is 16.5. The Labute approximate surface area is 152 Å². The zero-order valence-electron chi connectivity index (χ0n) is 11.9. The first-order chi connectivity index (χ1) is 11.5. The molecule has 0 aliphatic heterocycles. The lowest BCUT2D eigenvalue weighted by molar-refractivity contribution is -0.384. The Morgan fingerprint density at radius 2 is 1.83 bits per heavy atom. The van der Waals surface area contributed by atoms with E-state index in [0.29, 0.717) is 9.99 Å². The second-order valence-electron chi connectivity index (χ2n) is 4.76. The number of fused-ring (bicyclic) bond motifs is 1. The molecule has 0 N–H and O–H groups in total. The van der Waals surface area contributed by atoms with Gasteiger partial charge in [-0.25, -0.2) is 4.79 Å². The molecule has 0 unspecified atom stereocenters. The lowest BCUT2D eigenvalue weighted by atomic mass is 10.2. The molecule has 120 valence electrons. The van der Waals surface area contributed by atoms with Crippen molar-refractivity contribution in [2.75, 3.05) is 0 Å². The third-order valence-electron chi connectivity index (χ3n) is 3.26. The topological polar surface area (TPSA) is 82.3 Å². The highest BCUT2D eigenvalue weighted by Gasteiger charge is 2.17. The van der Waals surface area contributed by atoms with Crippen molar-refractivity contribution >= 4 is 54.4 Å². The third kappa shape index (κ3) is 3.15. The first-order valence-electron chi connectivity index (χ1n) is 6.66. The molecule has 6 nitrogen and oxygen atoms in total. The van der Waals surface area contributed by atoms with Gasteiger partial charge in [-0.3, -0.25) is 15.1 Å². The van der Waals surface area contributed by atoms with Crippen LogP contribution in [-0.4, -0.2) is 15.9 Å². The summed E-state index contributed by atoms with van der Waals surface area (Å²) in [4.78, 5) is 26.7. The van der Waals surface area contributed by atoms with Gasteiger partial charge in [0, 0.05) is 28.2 Å². The molecule has 0 aliphatic rings. The van der Waals surface area contributed by atoms with Crippen LogP contribution in [0.5, 0.6) is 5.75 Å². The maximum Gasteiger partial charge on any atom is 0.343 e. The smallest absolute Gasteiger partial charge is 0.343 e. The van der Waals surface area contributed by atoms with Gasteiger partial charge in [-0.15, -0.1) is 0 Å². The molecule has 24 heavy (non-hydrogen) atoms. The van der Waals surface area contributed by atoms with Gasteiger partial charge in [0.2, 0.25) is 0 Å². The second-order valence-corrected chi connectivity index (χ2v) is 6.47. The van der Waals surface area contributed by atoms with E-state index >= 15 is 0 Å². The van der Waals surface area contributed by atoms with E-state index in [2.05, 4.69) is 36.8 Å². The fraction of sp³-hybridized carbons (Fsp3) is 0. The predicted molar refractivity (Wildman–Crippen MR) is 95.2 cm³/mol. The Kier molecular flexibility index (Phi) is 4.59. The van der Waals surface area contributed by atoms with Crippen LogP contribution in [0.2, 0.25) is 0 Å². The van der Waals surface area contributed by atoms with Crippen LogP contribution in [0.15, 0.2) is 57.6 Å². The van der Waals surface area contributed by atoms with E-state index in [1.165, 1.54) is 24.3 Å². The van der Waals surface area contributed by atoms with Crippen LogP contribution >= 0.6 is 31.9 Å². The number of carbonyl (C=O) groups excluding carboxylic acids is 1. The Morgan fingerprint density at radius 3 is 2.50 bits per heavy atom. The molecule has 8 heteroatoms. The normalized spacial score (nSPS) is 10.6. The number of nitro groups is 1. The van der Waals surface area contributed by atoms with Gasteiger partial charge in [-0.05, 0) is 40.2 Å². The summed E-state index contributed by atoms with van der Waals surface area (Å²) in [5, 5.41) is 11.5. The molecule has 0 amide bonds. The minimum absolute atomic E-state index is 0.0940. The maximum absolute atomic E-state index is 12.3. The molecule has 0 saturated heterocycles. The lowest BCUT2D eigenvalue weighted by Crippen LogP contribution is -2.09. The molecule has 0 aliphatic carbocycles. The molecule has 2 aromatic carbocycles. The van der Waals surface area contributed by atoms with Gasteiger partial charge in [0.15, 0.2) is 5.75 Å². The number of pyridine rings is 1. The van der Waals surface area contributed by atoms with E-state index in [1.807, 2.05) is 6.07 Å². The molecular formula is C16H8Br2N2O4. The van der Waals surface area contributed by atoms with Crippen LogP contribution in [0.1, 0.15) is 10.4 Å². The number of hydrogen-bond donors (Lipinski definition) is 0. The monoisotopic (exact) mass is 450 g/mol. The van der Waals surface area contributed by atoms with Gasteiger partial charge in [-0.1, -0.05) is 22.0 Å². The molecule has 0 saturated carbocycles. The van der Waals surface area contributed by atoms with E-state index in [-0.39, 0.29) is 17.0 Å². The summed E-state index contributed by atoms with van der Waals surface area (Å²) in [6.45, 7) is 0. The highest BCUT2D eigenvalue weighted by atomic mass is 79.9. The largest absolute Gasteiger partial charge is 0.419 e. The number of non-ortho nitro benzene ring substituents is 1. The van der Waals surface area contributed by atoms with Crippen molar-refractivity contribution in [3.8, 4) is 5.75 Å². The van der Waals surface area contributed by atoms with E-state index in [1.54, 1.807) is 18.3 Å². The maximum atomic E-state index is 12.3. The van der Waals surface area contributed by atoms with Crippen molar-refractivity contribution in [1.82, 2.24) is 4.98 Å². The van der Waals surface area contributed by atoms with Crippen LogP contribution in [0.25, 0.3) is 10.9 Å². The summed E-state index contributed by atoms with van der Waals surface area (Å²) in [7, 11) is 0. The molecule has 0 radical (unpaired) electrons. The number of nitrogens with zero attached hydrogens (tertiary/aromatic N) is 2. The highest BCUT2D eigenvalue weighted by Crippen LogP contribution is 2.37. The van der Waals surface area contributed by atoms with Gasteiger partial charge < -0.3 is 4.74 Å². The summed E-state index contributed by atoms with van der Waals surface area (Å²) in [6.07, 6.45) is 1.60. The zero-order valence-corrected chi connectivity index (χ0v) is 15.1. The Balaban J connectivity index is 1.97. The lowest BCUT2D eigenvalue weighted by Gasteiger charge is -2.10. The van der Waals surface area contributed by atoms with E-state index < -0.39 is 10.9 Å². The number of hydrogen-bond acceptors (Lipinski definition) is 5. The van der Waals surface area contributed by atoms with Crippen LogP contribution < -0.4 is 4.74 Å². The summed E-state index contributed by atoms with van der Waals surface area (Å²) >= 11 is 6.80. The third-order valence-corrected chi connectivity index (χ3v) is 4.50. The highest BCUT2D eigenvalue weighted by molar-refractivity contribution is 9.11. The minimum Gasteiger partial charge on any atom is -0.419 e. The number of halogens is 2. The fourth-order valence-electron chi connectivity index (χ4n) is 2.11. The summed E-state index contributed by atoms with van der Waals surface area (Å²) in [5.41, 5.74) is 0.636. The molecule has 3 aromatic rings. The first-order valence-corrected chi connectivity index (χ1v) is 8.25. The standard InChI is InChI=1S/C16H8Br2N2O4/c17-12-8-13(18)15(14-11(12)2-1-7-19-14)24-16(21)9-3-5-10(6-4-9)20(22)23/h1-8H. The molecule has 0 spiro atoms. The molecule has 1 heterocycles. The Morgan fingerprint density at radius 1 is 1.12 bits per heavy atom. The summed E-state index contributed by atoms with van der Waals surface area (Å²) in [5.74, 6) is -0.336. The number of ether oxygens (including phenoxy) is 1. The second kappa shape index (κ2) is 6.66. The fourth-order valence-corrected chi connectivity index (χ4v) is 3.47. The minimum atomic E-state index is -0.625. The average molecular weight is 452 g/mol. The zero-order chi connectivity index (χ0) is 17.3. The quantitative estimate of drug-likeness (QED) is 0.245.